The number of aryl methyl sites for hydroxylation is 1. The molecule has 4 rings (SSSR count). The minimum Gasteiger partial charge on any atom is -0.353 e. The van der Waals surface area contributed by atoms with Crippen LogP contribution in [-0.4, -0.2) is 40.3 Å². The van der Waals surface area contributed by atoms with E-state index in [1.807, 2.05) is 54.2 Å². The highest BCUT2D eigenvalue weighted by Crippen LogP contribution is 2.24. The molecular weight excluding hydrogens is 384 g/mol. The Morgan fingerprint density at radius 1 is 1.10 bits per heavy atom. The quantitative estimate of drug-likeness (QED) is 0.703. The highest BCUT2D eigenvalue weighted by molar-refractivity contribution is 7.99. The van der Waals surface area contributed by atoms with Gasteiger partial charge in [-0.3, -0.25) is 9.59 Å². The van der Waals surface area contributed by atoms with Crippen LogP contribution in [0.4, 0.5) is 11.5 Å². The first-order valence-electron chi connectivity index (χ1n) is 9.87. The number of fused-ring (bicyclic) bond motifs is 1. The number of rotatable bonds is 5. The predicted octanol–water partition coefficient (Wildman–Crippen LogP) is 3.15. The van der Waals surface area contributed by atoms with Gasteiger partial charge in [-0.05, 0) is 30.2 Å². The lowest BCUT2D eigenvalue weighted by molar-refractivity contribution is -0.117. The molecule has 0 saturated carbocycles. The summed E-state index contributed by atoms with van der Waals surface area (Å²) in [5.74, 6) is 2.58. The van der Waals surface area contributed by atoms with Crippen molar-refractivity contribution in [3.63, 3.8) is 0 Å². The fraction of sp³-hybridized carbons (Fsp3) is 0.318. The SMILES string of the molecule is CCc1cccc(NC(=O)Cn2nc(N3CCSCC3)c3ccccc3c2=O)c1. The lowest BCUT2D eigenvalue weighted by Crippen LogP contribution is -2.37. The van der Waals surface area contributed by atoms with E-state index in [2.05, 4.69) is 22.2 Å². The molecule has 0 spiro atoms. The van der Waals surface area contributed by atoms with Gasteiger partial charge in [0.25, 0.3) is 5.56 Å². The van der Waals surface area contributed by atoms with Crippen molar-refractivity contribution in [2.75, 3.05) is 34.8 Å². The first kappa shape index (κ1) is 19.5. The number of aromatic nitrogens is 2. The Morgan fingerprint density at radius 2 is 1.86 bits per heavy atom. The molecule has 1 aliphatic rings. The number of carbonyl (C=O) groups is 1. The fourth-order valence-corrected chi connectivity index (χ4v) is 4.44. The van der Waals surface area contributed by atoms with E-state index in [1.165, 1.54) is 4.68 Å². The largest absolute Gasteiger partial charge is 0.353 e. The molecule has 2 heterocycles. The van der Waals surface area contributed by atoms with E-state index in [-0.39, 0.29) is 18.0 Å². The molecule has 2 aromatic carbocycles. The van der Waals surface area contributed by atoms with Gasteiger partial charge < -0.3 is 10.2 Å². The second kappa shape index (κ2) is 8.69. The number of hydrogen-bond donors (Lipinski definition) is 1. The van der Waals surface area contributed by atoms with E-state index in [4.69, 9.17) is 0 Å². The van der Waals surface area contributed by atoms with Crippen LogP contribution >= 0.6 is 11.8 Å². The van der Waals surface area contributed by atoms with Gasteiger partial charge >= 0.3 is 0 Å². The van der Waals surface area contributed by atoms with Gasteiger partial charge in [0.1, 0.15) is 6.54 Å². The molecule has 3 aromatic rings. The monoisotopic (exact) mass is 408 g/mol. The van der Waals surface area contributed by atoms with Crippen molar-refractivity contribution in [2.24, 2.45) is 0 Å². The first-order valence-corrected chi connectivity index (χ1v) is 11.0. The summed E-state index contributed by atoms with van der Waals surface area (Å²) in [4.78, 5) is 27.8. The number of nitrogens with one attached hydrogen (secondary N) is 1. The highest BCUT2D eigenvalue weighted by atomic mass is 32.2. The molecule has 1 amide bonds. The van der Waals surface area contributed by atoms with E-state index in [9.17, 15) is 9.59 Å². The van der Waals surface area contributed by atoms with E-state index < -0.39 is 0 Å². The van der Waals surface area contributed by atoms with Crippen LogP contribution in [0.1, 0.15) is 12.5 Å². The predicted molar refractivity (Wildman–Crippen MR) is 120 cm³/mol. The summed E-state index contributed by atoms with van der Waals surface area (Å²) < 4.78 is 1.29. The second-order valence-corrected chi connectivity index (χ2v) is 8.26. The van der Waals surface area contributed by atoms with Gasteiger partial charge in [-0.25, -0.2) is 4.68 Å². The van der Waals surface area contributed by atoms with E-state index in [0.717, 1.165) is 53.5 Å². The third kappa shape index (κ3) is 4.29. The van der Waals surface area contributed by atoms with E-state index in [1.54, 1.807) is 6.07 Å². The van der Waals surface area contributed by atoms with Crippen LogP contribution in [0.15, 0.2) is 53.3 Å². The van der Waals surface area contributed by atoms with Crippen molar-refractivity contribution < 1.29 is 4.79 Å². The average molecular weight is 409 g/mol. The van der Waals surface area contributed by atoms with Crippen molar-refractivity contribution in [1.82, 2.24) is 9.78 Å². The van der Waals surface area contributed by atoms with Crippen LogP contribution in [0.5, 0.6) is 0 Å². The maximum atomic E-state index is 12.9. The molecule has 0 unspecified atom stereocenters. The van der Waals surface area contributed by atoms with Crippen molar-refractivity contribution in [3.05, 3.63) is 64.4 Å². The van der Waals surface area contributed by atoms with Gasteiger partial charge in [0.05, 0.1) is 5.39 Å². The van der Waals surface area contributed by atoms with E-state index in [0.29, 0.717) is 5.39 Å². The van der Waals surface area contributed by atoms with Gasteiger partial charge in [0, 0.05) is 35.7 Å². The van der Waals surface area contributed by atoms with Gasteiger partial charge in [0.2, 0.25) is 5.91 Å². The molecule has 1 N–H and O–H groups in total. The number of carbonyl (C=O) groups excluding carboxylic acids is 1. The molecule has 29 heavy (non-hydrogen) atoms. The number of anilines is 2. The Labute approximate surface area is 173 Å². The minimum absolute atomic E-state index is 0.115. The molecule has 1 fully saturated rings. The molecule has 0 aliphatic carbocycles. The lowest BCUT2D eigenvalue weighted by Gasteiger charge is -2.28. The van der Waals surface area contributed by atoms with Crippen LogP contribution in [0.25, 0.3) is 10.8 Å². The summed E-state index contributed by atoms with van der Waals surface area (Å²) in [6.07, 6.45) is 0.896. The molecule has 7 heteroatoms. The lowest BCUT2D eigenvalue weighted by atomic mass is 10.1. The molecule has 0 bridgehead atoms. The Morgan fingerprint density at radius 3 is 2.62 bits per heavy atom. The summed E-state index contributed by atoms with van der Waals surface area (Å²) in [6.45, 7) is 3.72. The minimum atomic E-state index is -0.261. The molecule has 1 aromatic heterocycles. The molecular formula is C22H24N4O2S. The van der Waals surface area contributed by atoms with Crippen LogP contribution < -0.4 is 15.8 Å². The number of thioether (sulfide) groups is 1. The van der Waals surface area contributed by atoms with Crippen LogP contribution in [0.2, 0.25) is 0 Å². The maximum absolute atomic E-state index is 12.9. The van der Waals surface area contributed by atoms with Crippen LogP contribution in [0.3, 0.4) is 0 Å². The van der Waals surface area contributed by atoms with Crippen molar-refractivity contribution in [1.29, 1.82) is 0 Å². The Hall–Kier alpha value is -2.80. The van der Waals surface area contributed by atoms with Gasteiger partial charge in [-0.15, -0.1) is 0 Å². The standard InChI is InChI=1S/C22H24N4O2S/c1-2-16-6-5-7-17(14-16)23-20(27)15-26-22(28)19-9-4-3-8-18(19)21(24-26)25-10-12-29-13-11-25/h3-9,14H,2,10-13,15H2,1H3,(H,23,27). The van der Waals surface area contributed by atoms with Gasteiger partial charge in [-0.2, -0.15) is 16.9 Å². The van der Waals surface area contributed by atoms with Gasteiger partial charge in [0.15, 0.2) is 5.82 Å². The number of nitrogens with zero attached hydrogens (tertiary/aromatic N) is 3. The topological polar surface area (TPSA) is 67.2 Å². The van der Waals surface area contributed by atoms with Crippen LogP contribution in [-0.2, 0) is 17.8 Å². The summed E-state index contributed by atoms with van der Waals surface area (Å²) in [5, 5.41) is 8.92. The zero-order chi connectivity index (χ0) is 20.2. The Balaban J connectivity index is 1.65. The third-order valence-electron chi connectivity index (χ3n) is 5.07. The first-order chi connectivity index (χ1) is 14.2. The van der Waals surface area contributed by atoms with Crippen molar-refractivity contribution in [3.8, 4) is 0 Å². The van der Waals surface area contributed by atoms with Gasteiger partial charge in [-0.1, -0.05) is 37.3 Å². The third-order valence-corrected chi connectivity index (χ3v) is 6.01. The summed E-state index contributed by atoms with van der Waals surface area (Å²) in [6, 6.07) is 15.2. The summed E-state index contributed by atoms with van der Waals surface area (Å²) in [5.41, 5.74) is 1.64. The number of hydrogen-bond acceptors (Lipinski definition) is 5. The average Bonchev–Trinajstić information content (AvgIpc) is 2.76. The fourth-order valence-electron chi connectivity index (χ4n) is 3.54. The van der Waals surface area contributed by atoms with E-state index >= 15 is 0 Å². The molecule has 1 saturated heterocycles. The van der Waals surface area contributed by atoms with Crippen molar-refractivity contribution in [2.45, 2.75) is 19.9 Å². The Kier molecular flexibility index (Phi) is 5.85. The maximum Gasteiger partial charge on any atom is 0.275 e. The summed E-state index contributed by atoms with van der Waals surface area (Å²) >= 11 is 1.92. The molecule has 6 nitrogen and oxygen atoms in total. The highest BCUT2D eigenvalue weighted by Gasteiger charge is 2.19. The smallest absolute Gasteiger partial charge is 0.275 e. The molecule has 1 aliphatic heterocycles. The van der Waals surface area contributed by atoms with Crippen LogP contribution in [0, 0.1) is 0 Å². The number of benzene rings is 2. The zero-order valence-corrected chi connectivity index (χ0v) is 17.2. The summed E-state index contributed by atoms with van der Waals surface area (Å²) in [7, 11) is 0. The molecule has 0 atom stereocenters. The number of amides is 1. The van der Waals surface area contributed by atoms with Crippen molar-refractivity contribution >= 4 is 39.9 Å². The zero-order valence-electron chi connectivity index (χ0n) is 16.4. The normalized spacial score (nSPS) is 14.2. The Bertz CT molecular complexity index is 1090. The molecule has 0 radical (unpaired) electrons. The second-order valence-electron chi connectivity index (χ2n) is 7.03. The molecule has 150 valence electrons.